The van der Waals surface area contributed by atoms with Gasteiger partial charge in [-0.3, -0.25) is 0 Å². The molecule has 0 aliphatic heterocycles. The van der Waals surface area contributed by atoms with Crippen LogP contribution < -0.4 is 0 Å². The quantitative estimate of drug-likeness (QED) is 0.685. The Kier molecular flexibility index (Phi) is 2.54. The second-order valence-electron chi connectivity index (χ2n) is 3.08. The number of hydrogen-bond donors (Lipinski definition) is 0. The van der Waals surface area contributed by atoms with Crippen molar-refractivity contribution < 1.29 is 4.39 Å². The van der Waals surface area contributed by atoms with Crippen LogP contribution in [-0.2, 0) is 0 Å². The van der Waals surface area contributed by atoms with E-state index in [2.05, 4.69) is 29.2 Å². The zero-order chi connectivity index (χ0) is 10.1. The van der Waals surface area contributed by atoms with Crippen molar-refractivity contribution >= 4 is 36.9 Å². The van der Waals surface area contributed by atoms with Crippen LogP contribution in [0.2, 0.25) is 0 Å². The molecule has 0 saturated heterocycles. The molecule has 0 aliphatic rings. The normalized spacial score (nSPS) is 10.4. The summed E-state index contributed by atoms with van der Waals surface area (Å²) >= 11 is 2.15. The van der Waals surface area contributed by atoms with Crippen molar-refractivity contribution in [1.82, 2.24) is 0 Å². The Labute approximate surface area is 95.6 Å². The topological polar surface area (TPSA) is 0 Å². The van der Waals surface area contributed by atoms with E-state index in [9.17, 15) is 4.39 Å². The van der Waals surface area contributed by atoms with Crippen LogP contribution in [0.25, 0.3) is 14.4 Å². The highest BCUT2D eigenvalue weighted by atomic mass is 127. The lowest BCUT2D eigenvalue weighted by Crippen LogP contribution is -1.82. The lowest BCUT2D eigenvalue weighted by molar-refractivity contribution is 0.629. The van der Waals surface area contributed by atoms with E-state index in [1.54, 1.807) is 12.1 Å². The van der Waals surface area contributed by atoms with E-state index in [1.165, 1.54) is 6.07 Å². The van der Waals surface area contributed by atoms with Gasteiger partial charge in [0.05, 0.1) is 0 Å². The van der Waals surface area contributed by atoms with Gasteiger partial charge >= 0.3 is 0 Å². The summed E-state index contributed by atoms with van der Waals surface area (Å²) in [5.74, 6) is -0.206. The summed E-state index contributed by atoms with van der Waals surface area (Å²) in [6, 6.07) is 10.7. The molecule has 0 unspecified atom stereocenters. The van der Waals surface area contributed by atoms with E-state index < -0.39 is 0 Å². The fraction of sp³-hybridized carbons (Fsp3) is 0. The first-order chi connectivity index (χ1) is 6.68. The fourth-order valence-electron chi connectivity index (χ4n) is 1.48. The van der Waals surface area contributed by atoms with Crippen molar-refractivity contribution in [3.63, 3.8) is 0 Å². The lowest BCUT2D eigenvalue weighted by atomic mass is 10.0. The minimum Gasteiger partial charge on any atom is -0.207 e. The Hall–Kier alpha value is -0.900. The first kappa shape index (κ1) is 9.65. The minimum absolute atomic E-state index is 0.206. The third-order valence-electron chi connectivity index (χ3n) is 2.14. The maximum atomic E-state index is 13.0. The molecule has 0 amide bonds. The second-order valence-corrected chi connectivity index (χ2v) is 4.38. The molecule has 0 spiro atoms. The van der Waals surface area contributed by atoms with Crippen molar-refractivity contribution in [3.8, 4) is 0 Å². The summed E-state index contributed by atoms with van der Waals surface area (Å²) in [4.78, 5) is 0. The summed E-state index contributed by atoms with van der Waals surface area (Å²) in [6.45, 7) is 3.87. The van der Waals surface area contributed by atoms with Crippen molar-refractivity contribution in [1.29, 1.82) is 0 Å². The highest BCUT2D eigenvalue weighted by Crippen LogP contribution is 2.28. The van der Waals surface area contributed by atoms with Gasteiger partial charge in [-0.25, -0.2) is 4.39 Å². The maximum absolute atomic E-state index is 13.0. The van der Waals surface area contributed by atoms with Crippen LogP contribution in [0.15, 0.2) is 43.0 Å². The largest absolute Gasteiger partial charge is 0.207 e. The van der Waals surface area contributed by atoms with E-state index in [0.29, 0.717) is 0 Å². The fourth-order valence-corrected chi connectivity index (χ4v) is 1.95. The standard InChI is InChI=1S/C12H8FI/c1-8(14)11-4-2-3-9-5-6-10(13)7-12(9)11/h2-7H,1H2. The van der Waals surface area contributed by atoms with E-state index in [0.717, 1.165) is 19.9 Å². The zero-order valence-electron chi connectivity index (χ0n) is 7.43. The SMILES string of the molecule is C=C(I)c1cccc2ccc(F)cc12. The van der Waals surface area contributed by atoms with Gasteiger partial charge in [0, 0.05) is 3.58 Å². The molecule has 70 valence electrons. The highest BCUT2D eigenvalue weighted by molar-refractivity contribution is 14.1. The molecule has 0 saturated carbocycles. The molecule has 0 nitrogen and oxygen atoms in total. The highest BCUT2D eigenvalue weighted by Gasteiger charge is 2.02. The van der Waals surface area contributed by atoms with Crippen LogP contribution in [0.4, 0.5) is 4.39 Å². The average molecular weight is 298 g/mol. The number of hydrogen-bond acceptors (Lipinski definition) is 0. The molecule has 2 aromatic carbocycles. The molecule has 0 fully saturated rings. The van der Waals surface area contributed by atoms with Crippen LogP contribution in [0.3, 0.4) is 0 Å². The molecule has 2 rings (SSSR count). The van der Waals surface area contributed by atoms with E-state index >= 15 is 0 Å². The Bertz CT molecular complexity index is 503. The van der Waals surface area contributed by atoms with Crippen LogP contribution >= 0.6 is 22.6 Å². The van der Waals surface area contributed by atoms with Gasteiger partial charge in [0.2, 0.25) is 0 Å². The molecule has 14 heavy (non-hydrogen) atoms. The summed E-state index contributed by atoms with van der Waals surface area (Å²) in [5, 5.41) is 1.97. The molecule has 0 aliphatic carbocycles. The van der Waals surface area contributed by atoms with Crippen LogP contribution in [0.5, 0.6) is 0 Å². The Morgan fingerprint density at radius 1 is 1.21 bits per heavy atom. The van der Waals surface area contributed by atoms with Crippen LogP contribution in [-0.4, -0.2) is 0 Å². The maximum Gasteiger partial charge on any atom is 0.123 e. The van der Waals surface area contributed by atoms with Crippen LogP contribution in [0, 0.1) is 5.82 Å². The Morgan fingerprint density at radius 2 is 2.00 bits per heavy atom. The summed E-state index contributed by atoms with van der Waals surface area (Å²) in [7, 11) is 0. The zero-order valence-corrected chi connectivity index (χ0v) is 9.58. The predicted octanol–water partition coefficient (Wildman–Crippen LogP) is 4.38. The van der Waals surface area contributed by atoms with Gasteiger partial charge < -0.3 is 0 Å². The van der Waals surface area contributed by atoms with Gasteiger partial charge in [-0.15, -0.1) is 0 Å². The third-order valence-corrected chi connectivity index (χ3v) is 2.72. The van der Waals surface area contributed by atoms with E-state index in [4.69, 9.17) is 0 Å². The first-order valence-electron chi connectivity index (χ1n) is 4.21. The monoisotopic (exact) mass is 298 g/mol. The van der Waals surface area contributed by atoms with Gasteiger partial charge in [-0.1, -0.05) is 30.8 Å². The molecule has 2 aromatic rings. The average Bonchev–Trinajstić information content (AvgIpc) is 2.16. The molecular weight excluding hydrogens is 290 g/mol. The molecule has 0 radical (unpaired) electrons. The van der Waals surface area contributed by atoms with Gasteiger partial charge in [-0.05, 0) is 51.1 Å². The molecule has 2 heteroatoms. The van der Waals surface area contributed by atoms with Crippen molar-refractivity contribution in [2.75, 3.05) is 0 Å². The summed E-state index contributed by atoms with van der Waals surface area (Å²) in [5.41, 5.74) is 1.00. The predicted molar refractivity (Wildman–Crippen MR) is 67.0 cm³/mol. The van der Waals surface area contributed by atoms with Gasteiger partial charge in [0.15, 0.2) is 0 Å². The molecule has 0 atom stereocenters. The van der Waals surface area contributed by atoms with Crippen molar-refractivity contribution in [3.05, 3.63) is 54.4 Å². The van der Waals surface area contributed by atoms with Gasteiger partial charge in [-0.2, -0.15) is 0 Å². The number of fused-ring (bicyclic) bond motifs is 1. The smallest absolute Gasteiger partial charge is 0.123 e. The molecule has 0 heterocycles. The molecule has 0 aromatic heterocycles. The van der Waals surface area contributed by atoms with Crippen molar-refractivity contribution in [2.45, 2.75) is 0 Å². The number of rotatable bonds is 1. The number of benzene rings is 2. The summed E-state index contributed by atoms with van der Waals surface area (Å²) in [6.07, 6.45) is 0. The van der Waals surface area contributed by atoms with Gasteiger partial charge in [0.1, 0.15) is 5.82 Å². The Balaban J connectivity index is 2.84. The van der Waals surface area contributed by atoms with Gasteiger partial charge in [0.25, 0.3) is 0 Å². The Morgan fingerprint density at radius 3 is 2.71 bits per heavy atom. The van der Waals surface area contributed by atoms with E-state index in [-0.39, 0.29) is 5.82 Å². The second kappa shape index (κ2) is 3.69. The lowest BCUT2D eigenvalue weighted by Gasteiger charge is -2.04. The molecular formula is C12H8FI. The third kappa shape index (κ3) is 1.66. The van der Waals surface area contributed by atoms with Crippen molar-refractivity contribution in [2.24, 2.45) is 0 Å². The minimum atomic E-state index is -0.206. The van der Waals surface area contributed by atoms with Crippen LogP contribution in [0.1, 0.15) is 5.56 Å². The number of halogens is 2. The molecule has 0 N–H and O–H groups in total. The first-order valence-corrected chi connectivity index (χ1v) is 5.29. The molecule has 0 bridgehead atoms. The summed E-state index contributed by atoms with van der Waals surface area (Å²) < 4.78 is 14.0. The van der Waals surface area contributed by atoms with E-state index in [1.807, 2.05) is 18.2 Å².